The summed E-state index contributed by atoms with van der Waals surface area (Å²) in [6, 6.07) is 4.77. The van der Waals surface area contributed by atoms with Crippen LogP contribution in [0.15, 0.2) is 40.1 Å². The minimum atomic E-state index is -4.36. The number of nitrogens with zero attached hydrogens (tertiary/aromatic N) is 1. The molecule has 0 atom stereocenters. The Bertz CT molecular complexity index is 732. The van der Waals surface area contributed by atoms with Gasteiger partial charge in [-0.05, 0) is 12.1 Å². The second-order valence-corrected chi connectivity index (χ2v) is 6.00. The molecular weight excluding hydrogens is 326 g/mol. The fraction of sp³-hybridized carbons (Fsp3) is 0.0909. The van der Waals surface area contributed by atoms with Crippen LogP contribution in [-0.4, -0.2) is 25.9 Å². The average Bonchev–Trinajstić information content (AvgIpc) is 2.91. The van der Waals surface area contributed by atoms with E-state index in [1.54, 1.807) is 4.72 Å². The Morgan fingerprint density at radius 3 is 2.67 bits per heavy atom. The molecule has 0 bridgehead atoms. The maximum Gasteiger partial charge on any atom is 0.387 e. The molecule has 0 aliphatic carbocycles. The Morgan fingerprint density at radius 1 is 1.33 bits per heavy atom. The number of alkyl halides is 2. The van der Waals surface area contributed by atoms with Crippen LogP contribution in [0.4, 0.5) is 8.78 Å². The van der Waals surface area contributed by atoms with E-state index in [0.29, 0.717) is 0 Å². The van der Waals surface area contributed by atoms with Crippen molar-refractivity contribution < 1.29 is 26.7 Å². The highest BCUT2D eigenvalue weighted by Gasteiger charge is 2.24. The van der Waals surface area contributed by atoms with Crippen molar-refractivity contribution in [3.8, 4) is 5.75 Å². The van der Waals surface area contributed by atoms with Gasteiger partial charge in [0.2, 0.25) is 0 Å². The van der Waals surface area contributed by atoms with E-state index in [0.717, 1.165) is 23.5 Å². The normalized spacial score (nSPS) is 11.4. The number of ether oxygens (including phenoxy) is 1. The lowest BCUT2D eigenvalue weighted by Gasteiger charge is -2.11. The van der Waals surface area contributed by atoms with Gasteiger partial charge in [-0.3, -0.25) is 4.79 Å². The van der Waals surface area contributed by atoms with E-state index in [1.165, 1.54) is 23.0 Å². The van der Waals surface area contributed by atoms with Gasteiger partial charge in [-0.15, -0.1) is 11.3 Å². The zero-order chi connectivity index (χ0) is 15.5. The lowest BCUT2D eigenvalue weighted by atomic mass is 10.3. The van der Waals surface area contributed by atoms with Crippen LogP contribution in [0, 0.1) is 0 Å². The highest BCUT2D eigenvalue weighted by Crippen LogP contribution is 2.24. The number of thiazole rings is 1. The number of carbonyl (C=O) groups excluding carboxylic acids is 1. The van der Waals surface area contributed by atoms with E-state index >= 15 is 0 Å². The Hall–Kier alpha value is -2.07. The zero-order valence-corrected chi connectivity index (χ0v) is 11.8. The largest absolute Gasteiger partial charge is 0.433 e. The minimum Gasteiger partial charge on any atom is -0.433 e. The van der Waals surface area contributed by atoms with Crippen LogP contribution in [0.3, 0.4) is 0 Å². The van der Waals surface area contributed by atoms with Gasteiger partial charge in [-0.2, -0.15) is 8.78 Å². The highest BCUT2D eigenvalue weighted by atomic mass is 32.2. The molecule has 0 fully saturated rings. The first kappa shape index (κ1) is 15.3. The topological polar surface area (TPSA) is 85.4 Å². The second-order valence-electron chi connectivity index (χ2n) is 3.63. The molecule has 2 aromatic rings. The first-order chi connectivity index (χ1) is 9.90. The van der Waals surface area contributed by atoms with E-state index in [4.69, 9.17) is 0 Å². The van der Waals surface area contributed by atoms with Gasteiger partial charge in [-0.25, -0.2) is 18.1 Å². The maximum atomic E-state index is 12.3. The molecule has 1 aromatic carbocycles. The summed E-state index contributed by atoms with van der Waals surface area (Å²) in [6.07, 6.45) is 0. The third kappa shape index (κ3) is 3.73. The van der Waals surface area contributed by atoms with E-state index in [9.17, 15) is 22.0 Å². The van der Waals surface area contributed by atoms with Crippen molar-refractivity contribution in [2.75, 3.05) is 0 Å². The molecule has 0 unspecified atom stereocenters. The number of halogens is 2. The van der Waals surface area contributed by atoms with Crippen LogP contribution in [0.1, 0.15) is 10.5 Å². The minimum absolute atomic E-state index is 0.0872. The maximum absolute atomic E-state index is 12.3. The van der Waals surface area contributed by atoms with Gasteiger partial charge in [0, 0.05) is 5.38 Å². The summed E-state index contributed by atoms with van der Waals surface area (Å²) in [5, 5.41) is 1.35. The molecule has 21 heavy (non-hydrogen) atoms. The smallest absolute Gasteiger partial charge is 0.387 e. The Morgan fingerprint density at radius 2 is 2.05 bits per heavy atom. The number of para-hydroxylation sites is 1. The third-order valence-corrected chi connectivity index (χ3v) is 4.20. The SMILES string of the molecule is O=C(NS(=O)(=O)c1ccccc1OC(F)F)c1cscn1. The van der Waals surface area contributed by atoms with Crippen LogP contribution < -0.4 is 9.46 Å². The van der Waals surface area contributed by atoms with E-state index in [1.807, 2.05) is 0 Å². The summed E-state index contributed by atoms with van der Waals surface area (Å²) in [5.41, 5.74) is 1.27. The molecule has 112 valence electrons. The third-order valence-electron chi connectivity index (χ3n) is 2.25. The van der Waals surface area contributed by atoms with Crippen molar-refractivity contribution in [2.45, 2.75) is 11.5 Å². The molecule has 1 amide bonds. The molecule has 1 N–H and O–H groups in total. The molecule has 1 aromatic heterocycles. The van der Waals surface area contributed by atoms with E-state index in [2.05, 4.69) is 9.72 Å². The van der Waals surface area contributed by atoms with Gasteiger partial charge in [-0.1, -0.05) is 12.1 Å². The molecule has 1 heterocycles. The zero-order valence-electron chi connectivity index (χ0n) is 10.2. The van der Waals surface area contributed by atoms with Gasteiger partial charge in [0.25, 0.3) is 15.9 Å². The van der Waals surface area contributed by atoms with Crippen LogP contribution in [-0.2, 0) is 10.0 Å². The van der Waals surface area contributed by atoms with Crippen LogP contribution in [0.25, 0.3) is 0 Å². The van der Waals surface area contributed by atoms with Crippen molar-refractivity contribution >= 4 is 27.3 Å². The van der Waals surface area contributed by atoms with E-state index in [-0.39, 0.29) is 5.69 Å². The summed E-state index contributed by atoms with van der Waals surface area (Å²) >= 11 is 1.11. The Kier molecular flexibility index (Phi) is 4.48. The van der Waals surface area contributed by atoms with Gasteiger partial charge in [0.05, 0.1) is 5.51 Å². The van der Waals surface area contributed by atoms with Crippen molar-refractivity contribution in [3.05, 3.63) is 40.8 Å². The van der Waals surface area contributed by atoms with Crippen molar-refractivity contribution in [1.82, 2.24) is 9.71 Å². The van der Waals surface area contributed by atoms with Gasteiger partial charge >= 0.3 is 6.61 Å². The molecule has 6 nitrogen and oxygen atoms in total. The number of hydrogen-bond acceptors (Lipinski definition) is 6. The lowest BCUT2D eigenvalue weighted by Crippen LogP contribution is -2.31. The Labute approximate surface area is 122 Å². The van der Waals surface area contributed by atoms with Gasteiger partial charge < -0.3 is 4.74 Å². The van der Waals surface area contributed by atoms with Gasteiger partial charge in [0.1, 0.15) is 16.3 Å². The summed E-state index contributed by atoms with van der Waals surface area (Å²) in [4.78, 5) is 14.8. The fourth-order valence-electron chi connectivity index (χ4n) is 1.42. The molecule has 2 rings (SSSR count). The van der Waals surface area contributed by atoms with Crippen molar-refractivity contribution in [1.29, 1.82) is 0 Å². The predicted molar refractivity (Wildman–Crippen MR) is 69.8 cm³/mol. The standard InChI is InChI=1S/C11H8F2N2O4S2/c12-11(13)19-8-3-1-2-4-9(8)21(17,18)15-10(16)7-5-20-6-14-7/h1-6,11H,(H,15,16). The quantitative estimate of drug-likeness (QED) is 0.902. The van der Waals surface area contributed by atoms with Crippen molar-refractivity contribution in [2.24, 2.45) is 0 Å². The number of hydrogen-bond donors (Lipinski definition) is 1. The number of nitrogens with one attached hydrogen (secondary N) is 1. The van der Waals surface area contributed by atoms with Crippen molar-refractivity contribution in [3.63, 3.8) is 0 Å². The molecule has 0 saturated carbocycles. The molecule has 0 spiro atoms. The molecular formula is C11H8F2N2O4S2. The number of sulfonamides is 1. The molecule has 10 heteroatoms. The molecule has 0 aliphatic heterocycles. The van der Waals surface area contributed by atoms with Crippen LogP contribution in [0.2, 0.25) is 0 Å². The number of carbonyl (C=O) groups is 1. The van der Waals surface area contributed by atoms with Crippen LogP contribution in [0.5, 0.6) is 5.75 Å². The number of rotatable bonds is 5. The number of aromatic nitrogens is 1. The highest BCUT2D eigenvalue weighted by molar-refractivity contribution is 7.90. The lowest BCUT2D eigenvalue weighted by molar-refractivity contribution is -0.0517. The average molecular weight is 334 g/mol. The first-order valence-electron chi connectivity index (χ1n) is 5.39. The van der Waals surface area contributed by atoms with Gasteiger partial charge in [0.15, 0.2) is 0 Å². The predicted octanol–water partition coefficient (Wildman–Crippen LogP) is 1.86. The summed E-state index contributed by atoms with van der Waals surface area (Å²) < 4.78 is 54.5. The molecule has 0 radical (unpaired) electrons. The number of benzene rings is 1. The molecule has 0 saturated heterocycles. The summed E-state index contributed by atoms with van der Waals surface area (Å²) in [6.45, 7) is -3.18. The number of amides is 1. The summed E-state index contributed by atoms with van der Waals surface area (Å²) in [7, 11) is -4.36. The monoisotopic (exact) mass is 334 g/mol. The fourth-order valence-corrected chi connectivity index (χ4v) is 3.05. The summed E-state index contributed by atoms with van der Waals surface area (Å²) in [5.74, 6) is -1.51. The Balaban J connectivity index is 2.30. The molecule has 0 aliphatic rings. The second kappa shape index (κ2) is 6.14. The van der Waals surface area contributed by atoms with E-state index < -0.39 is 33.2 Å². The van der Waals surface area contributed by atoms with Crippen LogP contribution >= 0.6 is 11.3 Å². The first-order valence-corrected chi connectivity index (χ1v) is 7.82.